The quantitative estimate of drug-likeness (QED) is 0.710. The van der Waals surface area contributed by atoms with Crippen LogP contribution in [-0.2, 0) is 16.4 Å². The molecule has 0 fully saturated rings. The molecule has 2 rings (SSSR count). The first-order valence-electron chi connectivity index (χ1n) is 6.67. The van der Waals surface area contributed by atoms with Crippen LogP contribution in [0.5, 0.6) is 0 Å². The summed E-state index contributed by atoms with van der Waals surface area (Å²) in [6.45, 7) is 4.43. The zero-order valence-electron chi connectivity index (χ0n) is 12.0. The maximum atomic E-state index is 11.4. The van der Waals surface area contributed by atoms with Crippen LogP contribution in [0, 0.1) is 2.88 Å². The monoisotopic (exact) mass is 428 g/mol. The van der Waals surface area contributed by atoms with Gasteiger partial charge in [-0.05, 0) is 67.3 Å². The predicted octanol–water partition coefficient (Wildman–Crippen LogP) is 2.65. The highest BCUT2D eigenvalue weighted by molar-refractivity contribution is 14.1. The van der Waals surface area contributed by atoms with E-state index in [2.05, 4.69) is 38.7 Å². The highest BCUT2D eigenvalue weighted by Gasteiger charge is 2.26. The number of thiophene rings is 1. The van der Waals surface area contributed by atoms with Crippen LogP contribution in [0.1, 0.15) is 43.2 Å². The smallest absolute Gasteiger partial charge is 0.209 e. The third-order valence-electron chi connectivity index (χ3n) is 3.34. The number of hydrogen-bond donors (Lipinski definition) is 2. The second-order valence-electron chi connectivity index (χ2n) is 6.01. The molecular formula is C13H21IN2O2S2. The molecule has 20 heavy (non-hydrogen) atoms. The van der Waals surface area contributed by atoms with Gasteiger partial charge in [0.05, 0.1) is 9.14 Å². The van der Waals surface area contributed by atoms with Gasteiger partial charge in [-0.25, -0.2) is 13.1 Å². The zero-order chi connectivity index (χ0) is 15.0. The molecule has 0 bridgehead atoms. The lowest BCUT2D eigenvalue weighted by Gasteiger charge is -2.30. The third-order valence-corrected chi connectivity index (χ3v) is 6.23. The van der Waals surface area contributed by atoms with E-state index < -0.39 is 15.6 Å². The summed E-state index contributed by atoms with van der Waals surface area (Å²) in [4.78, 5) is 1.48. The van der Waals surface area contributed by atoms with Crippen LogP contribution in [0.2, 0.25) is 0 Å². The molecule has 0 saturated carbocycles. The molecule has 0 saturated heterocycles. The lowest BCUT2D eigenvalue weighted by Crippen LogP contribution is -2.50. The Morgan fingerprint density at radius 3 is 2.85 bits per heavy atom. The lowest BCUT2D eigenvalue weighted by atomic mass is 9.93. The highest BCUT2D eigenvalue weighted by Crippen LogP contribution is 2.36. The Hall–Kier alpha value is 0.300. The minimum atomic E-state index is -3.18. The molecule has 114 valence electrons. The number of sulfonamides is 1. The fourth-order valence-corrected chi connectivity index (χ4v) is 5.85. The lowest BCUT2D eigenvalue weighted by molar-refractivity contribution is 0.371. The number of nitrogens with one attached hydrogen (secondary N) is 2. The van der Waals surface area contributed by atoms with E-state index in [-0.39, 0.29) is 0 Å². The molecule has 4 nitrogen and oxygen atoms in total. The van der Waals surface area contributed by atoms with Crippen molar-refractivity contribution < 1.29 is 8.42 Å². The molecule has 1 aliphatic rings. The maximum Gasteiger partial charge on any atom is 0.209 e. The summed E-state index contributed by atoms with van der Waals surface area (Å²) in [7, 11) is -3.18. The molecule has 0 spiro atoms. The van der Waals surface area contributed by atoms with E-state index >= 15 is 0 Å². The summed E-state index contributed by atoms with van der Waals surface area (Å²) >= 11 is 4.24. The van der Waals surface area contributed by atoms with Crippen LogP contribution < -0.4 is 10.0 Å². The molecule has 1 atom stereocenters. The Morgan fingerprint density at radius 1 is 1.50 bits per heavy atom. The highest BCUT2D eigenvalue weighted by atomic mass is 127. The number of halogens is 1. The second kappa shape index (κ2) is 6.20. The zero-order valence-corrected chi connectivity index (χ0v) is 15.8. The van der Waals surface area contributed by atoms with Crippen LogP contribution in [0.4, 0.5) is 0 Å². The first-order valence-corrected chi connectivity index (χ1v) is 10.5. The fourth-order valence-electron chi connectivity index (χ4n) is 2.65. The van der Waals surface area contributed by atoms with Crippen LogP contribution in [0.3, 0.4) is 0 Å². The van der Waals surface area contributed by atoms with E-state index in [1.807, 2.05) is 25.2 Å². The van der Waals surface area contributed by atoms with Gasteiger partial charge in [0, 0.05) is 23.0 Å². The number of hydrogen-bond acceptors (Lipinski definition) is 4. The number of rotatable bonds is 5. The minimum Gasteiger partial charge on any atom is -0.308 e. The van der Waals surface area contributed by atoms with Crippen molar-refractivity contribution in [3.8, 4) is 0 Å². The van der Waals surface area contributed by atoms with Gasteiger partial charge in [0.15, 0.2) is 0 Å². The molecule has 1 aliphatic carbocycles. The van der Waals surface area contributed by atoms with Gasteiger partial charge in [0.2, 0.25) is 10.0 Å². The summed E-state index contributed by atoms with van der Waals surface area (Å²) in [6, 6.07) is 2.60. The number of aryl methyl sites for hydroxylation is 1. The van der Waals surface area contributed by atoms with Gasteiger partial charge in [0.1, 0.15) is 0 Å². The van der Waals surface area contributed by atoms with Gasteiger partial charge >= 0.3 is 0 Å². The molecule has 1 aromatic rings. The van der Waals surface area contributed by atoms with Crippen molar-refractivity contribution in [2.24, 2.45) is 0 Å². The Kier molecular flexibility index (Phi) is 5.16. The normalized spacial score (nSPS) is 19.9. The standard InChI is InChI=1S/C13H21IN2O2S2/c1-13(2,16-20(3,17)18)8-15-10-5-4-6-11-9(10)7-12(14)19-11/h7,10,15-16H,4-6,8H2,1-3H3. The van der Waals surface area contributed by atoms with Crippen molar-refractivity contribution in [2.75, 3.05) is 12.8 Å². The van der Waals surface area contributed by atoms with Crippen LogP contribution in [0.25, 0.3) is 0 Å². The molecule has 1 unspecified atom stereocenters. The largest absolute Gasteiger partial charge is 0.308 e. The summed E-state index contributed by atoms with van der Waals surface area (Å²) in [5, 5.41) is 3.53. The van der Waals surface area contributed by atoms with Crippen molar-refractivity contribution in [1.29, 1.82) is 0 Å². The second-order valence-corrected chi connectivity index (χ2v) is 10.8. The van der Waals surface area contributed by atoms with Crippen LogP contribution >= 0.6 is 33.9 Å². The summed E-state index contributed by atoms with van der Waals surface area (Å²) in [5.41, 5.74) is 0.926. The first kappa shape index (κ1) is 16.7. The van der Waals surface area contributed by atoms with Crippen molar-refractivity contribution in [3.05, 3.63) is 19.4 Å². The van der Waals surface area contributed by atoms with Gasteiger partial charge in [-0.2, -0.15) is 0 Å². The van der Waals surface area contributed by atoms with Gasteiger partial charge in [-0.1, -0.05) is 0 Å². The SMILES string of the molecule is CC(C)(CNC1CCCc2sc(I)cc21)NS(C)(=O)=O. The molecular weight excluding hydrogens is 407 g/mol. The molecule has 2 N–H and O–H groups in total. The first-order chi connectivity index (χ1) is 9.16. The van der Waals surface area contributed by atoms with E-state index in [0.717, 1.165) is 6.42 Å². The summed E-state index contributed by atoms with van der Waals surface area (Å²) in [5.74, 6) is 0. The Morgan fingerprint density at radius 2 is 2.20 bits per heavy atom. The molecule has 0 amide bonds. The van der Waals surface area contributed by atoms with E-state index in [9.17, 15) is 8.42 Å². The average Bonchev–Trinajstić information content (AvgIpc) is 2.63. The van der Waals surface area contributed by atoms with E-state index in [0.29, 0.717) is 12.6 Å². The Bertz CT molecular complexity index is 581. The summed E-state index contributed by atoms with van der Waals surface area (Å²) < 4.78 is 26.7. The average molecular weight is 428 g/mol. The van der Waals surface area contributed by atoms with E-state index in [1.54, 1.807) is 0 Å². The van der Waals surface area contributed by atoms with Crippen molar-refractivity contribution in [1.82, 2.24) is 10.0 Å². The van der Waals surface area contributed by atoms with Crippen LogP contribution in [-0.4, -0.2) is 26.8 Å². The third kappa shape index (κ3) is 4.66. The Labute approximate surface area is 138 Å². The van der Waals surface area contributed by atoms with Gasteiger partial charge in [0.25, 0.3) is 0 Å². The molecule has 7 heteroatoms. The fraction of sp³-hybridized carbons (Fsp3) is 0.692. The van der Waals surface area contributed by atoms with E-state index in [4.69, 9.17) is 0 Å². The van der Waals surface area contributed by atoms with Gasteiger partial charge < -0.3 is 5.32 Å². The predicted molar refractivity (Wildman–Crippen MR) is 92.8 cm³/mol. The van der Waals surface area contributed by atoms with Crippen molar-refractivity contribution in [3.63, 3.8) is 0 Å². The molecule has 0 aromatic carbocycles. The molecule has 0 aliphatic heterocycles. The van der Waals surface area contributed by atoms with Crippen molar-refractivity contribution in [2.45, 2.75) is 44.7 Å². The Balaban J connectivity index is 2.01. The summed E-state index contributed by atoms with van der Waals surface area (Å²) in [6.07, 6.45) is 4.69. The van der Waals surface area contributed by atoms with Gasteiger partial charge in [-0.3, -0.25) is 0 Å². The van der Waals surface area contributed by atoms with Gasteiger partial charge in [-0.15, -0.1) is 11.3 Å². The van der Waals surface area contributed by atoms with Crippen molar-refractivity contribution >= 4 is 44.0 Å². The maximum absolute atomic E-state index is 11.4. The molecule has 1 aromatic heterocycles. The minimum absolute atomic E-state index is 0.346. The topological polar surface area (TPSA) is 58.2 Å². The van der Waals surface area contributed by atoms with Crippen LogP contribution in [0.15, 0.2) is 6.07 Å². The molecule has 0 radical (unpaired) electrons. The number of fused-ring (bicyclic) bond motifs is 1. The van der Waals surface area contributed by atoms with E-state index in [1.165, 1.54) is 32.4 Å². The molecule has 1 heterocycles.